The number of guanidine groups is 1. The highest BCUT2D eigenvalue weighted by molar-refractivity contribution is 5.79. The van der Waals surface area contributed by atoms with Crippen molar-refractivity contribution in [1.29, 1.82) is 0 Å². The topological polar surface area (TPSA) is 52.6 Å². The predicted octanol–water partition coefficient (Wildman–Crippen LogP) is 1.22. The fourth-order valence-electron chi connectivity index (χ4n) is 1.48. The Bertz CT molecular complexity index is 379. The lowest BCUT2D eigenvalue weighted by Gasteiger charge is -2.12. The van der Waals surface area contributed by atoms with Crippen LogP contribution in [0.5, 0.6) is 0 Å². The standard InChI is InChI=1S/C13H23N5/c1-5-14-13(15-6-2)17-10-11-7-8-16-12(9-11)18(3)4/h7-9H,5-6,10H2,1-4H3,(H2,14,15,17). The summed E-state index contributed by atoms with van der Waals surface area (Å²) in [6.45, 7) is 6.50. The van der Waals surface area contributed by atoms with Crippen LogP contribution < -0.4 is 15.5 Å². The number of hydrogen-bond acceptors (Lipinski definition) is 3. The number of aliphatic imine (C=N–C) groups is 1. The highest BCUT2D eigenvalue weighted by Crippen LogP contribution is 2.10. The molecule has 0 spiro atoms. The fourth-order valence-corrected chi connectivity index (χ4v) is 1.48. The largest absolute Gasteiger partial charge is 0.363 e. The van der Waals surface area contributed by atoms with Crippen LogP contribution in [-0.2, 0) is 6.54 Å². The molecule has 0 unspecified atom stereocenters. The van der Waals surface area contributed by atoms with Gasteiger partial charge in [-0.1, -0.05) is 0 Å². The van der Waals surface area contributed by atoms with E-state index in [1.165, 1.54) is 0 Å². The third kappa shape index (κ3) is 4.61. The Kier molecular flexibility index (Phi) is 5.97. The first kappa shape index (κ1) is 14.3. The highest BCUT2D eigenvalue weighted by atomic mass is 15.2. The van der Waals surface area contributed by atoms with Crippen molar-refractivity contribution in [3.05, 3.63) is 23.9 Å². The summed E-state index contributed by atoms with van der Waals surface area (Å²) < 4.78 is 0. The number of pyridine rings is 1. The van der Waals surface area contributed by atoms with E-state index in [0.29, 0.717) is 6.54 Å². The molecule has 0 radical (unpaired) electrons. The highest BCUT2D eigenvalue weighted by Gasteiger charge is 1.99. The Balaban J connectivity index is 2.70. The zero-order valence-corrected chi connectivity index (χ0v) is 11.7. The van der Waals surface area contributed by atoms with Crippen molar-refractivity contribution in [2.24, 2.45) is 4.99 Å². The zero-order valence-electron chi connectivity index (χ0n) is 11.7. The van der Waals surface area contributed by atoms with E-state index in [2.05, 4.69) is 40.5 Å². The quantitative estimate of drug-likeness (QED) is 0.608. The van der Waals surface area contributed by atoms with Crippen LogP contribution in [0.2, 0.25) is 0 Å². The van der Waals surface area contributed by atoms with Gasteiger partial charge in [-0.15, -0.1) is 0 Å². The van der Waals surface area contributed by atoms with Crippen molar-refractivity contribution in [2.75, 3.05) is 32.1 Å². The molecule has 1 rings (SSSR count). The third-order valence-electron chi connectivity index (χ3n) is 2.38. The molecule has 0 bridgehead atoms. The molecule has 0 aromatic carbocycles. The second-order valence-corrected chi connectivity index (χ2v) is 4.14. The summed E-state index contributed by atoms with van der Waals surface area (Å²) in [6, 6.07) is 4.05. The summed E-state index contributed by atoms with van der Waals surface area (Å²) in [5.41, 5.74) is 1.15. The van der Waals surface area contributed by atoms with Gasteiger partial charge in [-0.3, -0.25) is 0 Å². The molecule has 0 atom stereocenters. The smallest absolute Gasteiger partial charge is 0.191 e. The van der Waals surface area contributed by atoms with Crippen LogP contribution in [-0.4, -0.2) is 38.1 Å². The van der Waals surface area contributed by atoms with E-state index in [-0.39, 0.29) is 0 Å². The summed E-state index contributed by atoms with van der Waals surface area (Å²) in [7, 11) is 3.97. The van der Waals surface area contributed by atoms with Crippen molar-refractivity contribution in [1.82, 2.24) is 15.6 Å². The maximum Gasteiger partial charge on any atom is 0.191 e. The molecule has 0 aliphatic heterocycles. The molecular weight excluding hydrogens is 226 g/mol. The summed E-state index contributed by atoms with van der Waals surface area (Å²) in [6.07, 6.45) is 1.82. The van der Waals surface area contributed by atoms with Crippen molar-refractivity contribution < 1.29 is 0 Å². The van der Waals surface area contributed by atoms with E-state index in [1.807, 2.05) is 31.3 Å². The first-order valence-corrected chi connectivity index (χ1v) is 6.31. The van der Waals surface area contributed by atoms with Gasteiger partial charge in [-0.05, 0) is 31.5 Å². The molecule has 2 N–H and O–H groups in total. The van der Waals surface area contributed by atoms with Crippen LogP contribution in [0.3, 0.4) is 0 Å². The molecule has 0 saturated carbocycles. The summed E-state index contributed by atoms with van der Waals surface area (Å²) in [5, 5.41) is 6.41. The van der Waals surface area contributed by atoms with Gasteiger partial charge in [0.05, 0.1) is 6.54 Å². The zero-order chi connectivity index (χ0) is 13.4. The summed E-state index contributed by atoms with van der Waals surface area (Å²) >= 11 is 0. The molecule has 0 aliphatic rings. The van der Waals surface area contributed by atoms with Crippen LogP contribution >= 0.6 is 0 Å². The fraction of sp³-hybridized carbons (Fsp3) is 0.538. The average molecular weight is 249 g/mol. The predicted molar refractivity (Wildman–Crippen MR) is 77.1 cm³/mol. The number of aromatic nitrogens is 1. The number of nitrogens with zero attached hydrogens (tertiary/aromatic N) is 3. The van der Waals surface area contributed by atoms with Gasteiger partial charge in [-0.2, -0.15) is 0 Å². The lowest BCUT2D eigenvalue weighted by atomic mass is 10.2. The van der Waals surface area contributed by atoms with E-state index in [4.69, 9.17) is 0 Å². The van der Waals surface area contributed by atoms with Crippen molar-refractivity contribution in [3.63, 3.8) is 0 Å². The Hall–Kier alpha value is -1.78. The number of nitrogens with one attached hydrogen (secondary N) is 2. The maximum absolute atomic E-state index is 4.52. The maximum atomic E-state index is 4.52. The van der Waals surface area contributed by atoms with Gasteiger partial charge < -0.3 is 15.5 Å². The van der Waals surface area contributed by atoms with Gasteiger partial charge in [-0.25, -0.2) is 9.98 Å². The SMILES string of the molecule is CCNC(=NCc1ccnc(N(C)C)c1)NCC. The normalized spacial score (nSPS) is 9.78. The van der Waals surface area contributed by atoms with Crippen LogP contribution in [0.1, 0.15) is 19.4 Å². The van der Waals surface area contributed by atoms with E-state index >= 15 is 0 Å². The van der Waals surface area contributed by atoms with E-state index in [0.717, 1.165) is 30.4 Å². The lowest BCUT2D eigenvalue weighted by molar-refractivity contribution is 0.839. The van der Waals surface area contributed by atoms with Crippen LogP contribution in [0, 0.1) is 0 Å². The number of rotatable bonds is 5. The molecular formula is C13H23N5. The van der Waals surface area contributed by atoms with Crippen LogP contribution in [0.25, 0.3) is 0 Å². The molecule has 1 heterocycles. The molecule has 0 aliphatic carbocycles. The van der Waals surface area contributed by atoms with Gasteiger partial charge in [0.2, 0.25) is 0 Å². The average Bonchev–Trinajstić information content (AvgIpc) is 2.37. The van der Waals surface area contributed by atoms with Gasteiger partial charge in [0, 0.05) is 33.4 Å². The number of anilines is 1. The first-order valence-electron chi connectivity index (χ1n) is 6.31. The van der Waals surface area contributed by atoms with Gasteiger partial charge in [0.15, 0.2) is 5.96 Å². The van der Waals surface area contributed by atoms with Gasteiger partial charge in [0.1, 0.15) is 5.82 Å². The molecule has 18 heavy (non-hydrogen) atoms. The minimum Gasteiger partial charge on any atom is -0.363 e. The molecule has 5 nitrogen and oxygen atoms in total. The van der Waals surface area contributed by atoms with E-state index in [9.17, 15) is 0 Å². The van der Waals surface area contributed by atoms with Crippen molar-refractivity contribution >= 4 is 11.8 Å². The van der Waals surface area contributed by atoms with Crippen molar-refractivity contribution in [3.8, 4) is 0 Å². The van der Waals surface area contributed by atoms with Crippen LogP contribution in [0.4, 0.5) is 5.82 Å². The molecule has 0 saturated heterocycles. The Morgan fingerprint density at radius 2 is 1.94 bits per heavy atom. The number of hydrogen-bond donors (Lipinski definition) is 2. The second kappa shape index (κ2) is 7.53. The Labute approximate surface area is 109 Å². The Morgan fingerprint density at radius 3 is 2.50 bits per heavy atom. The third-order valence-corrected chi connectivity index (χ3v) is 2.38. The second-order valence-electron chi connectivity index (χ2n) is 4.14. The minimum atomic E-state index is 0.651. The summed E-state index contributed by atoms with van der Waals surface area (Å²) in [5.74, 6) is 1.80. The van der Waals surface area contributed by atoms with Gasteiger partial charge >= 0.3 is 0 Å². The molecule has 1 aromatic rings. The monoisotopic (exact) mass is 249 g/mol. The molecule has 100 valence electrons. The lowest BCUT2D eigenvalue weighted by Crippen LogP contribution is -2.36. The molecule has 5 heteroatoms. The molecule has 0 fully saturated rings. The van der Waals surface area contributed by atoms with Crippen LogP contribution in [0.15, 0.2) is 23.3 Å². The molecule has 0 amide bonds. The molecule has 1 aromatic heterocycles. The summed E-state index contributed by atoms with van der Waals surface area (Å²) in [4.78, 5) is 10.8. The van der Waals surface area contributed by atoms with E-state index in [1.54, 1.807) is 0 Å². The first-order chi connectivity index (χ1) is 8.67. The van der Waals surface area contributed by atoms with Crippen molar-refractivity contribution in [2.45, 2.75) is 20.4 Å². The Morgan fingerprint density at radius 1 is 1.28 bits per heavy atom. The van der Waals surface area contributed by atoms with Gasteiger partial charge in [0.25, 0.3) is 0 Å². The van der Waals surface area contributed by atoms with E-state index < -0.39 is 0 Å². The minimum absolute atomic E-state index is 0.651.